The molecule has 3 rings (SSSR count). The molecular weight excluding hydrogens is 288 g/mol. The van der Waals surface area contributed by atoms with Gasteiger partial charge in [0.15, 0.2) is 0 Å². The molecule has 1 aliphatic rings. The molecule has 1 saturated heterocycles. The second kappa shape index (κ2) is 7.03. The minimum absolute atomic E-state index is 0.114. The first-order valence-electron chi connectivity index (χ1n) is 7.67. The summed E-state index contributed by atoms with van der Waals surface area (Å²) in [5, 5.41) is 12.2. The van der Waals surface area contributed by atoms with Gasteiger partial charge in [0.25, 0.3) is 0 Å². The normalized spacial score (nSPS) is 17.3. The number of nitriles is 1. The lowest BCUT2D eigenvalue weighted by Gasteiger charge is -2.17. The lowest BCUT2D eigenvalue weighted by atomic mass is 10.1. The Balaban J connectivity index is 1.57. The molecule has 0 bridgehead atoms. The van der Waals surface area contributed by atoms with Crippen molar-refractivity contribution in [1.29, 1.82) is 5.26 Å². The number of nitrogens with zero attached hydrogens (tertiary/aromatic N) is 3. The SMILES string of the molecule is N#Cc1cccc(CN2CC[C@H](NCc3ccccn3)C2=O)c1. The van der Waals surface area contributed by atoms with Crippen LogP contribution >= 0.6 is 0 Å². The van der Waals surface area contributed by atoms with Crippen molar-refractivity contribution in [3.8, 4) is 6.07 Å². The molecule has 1 atom stereocenters. The van der Waals surface area contributed by atoms with E-state index in [9.17, 15) is 4.79 Å². The molecule has 1 amide bonds. The predicted octanol–water partition coefficient (Wildman–Crippen LogP) is 1.84. The molecule has 1 aliphatic heterocycles. The van der Waals surface area contributed by atoms with Crippen molar-refractivity contribution in [2.45, 2.75) is 25.6 Å². The minimum atomic E-state index is -0.156. The first kappa shape index (κ1) is 15.2. The Morgan fingerprint density at radius 1 is 1.30 bits per heavy atom. The topological polar surface area (TPSA) is 69.0 Å². The molecule has 23 heavy (non-hydrogen) atoms. The lowest BCUT2D eigenvalue weighted by Crippen LogP contribution is -2.37. The number of hydrogen-bond donors (Lipinski definition) is 1. The number of rotatable bonds is 5. The van der Waals surface area contributed by atoms with Gasteiger partial charge >= 0.3 is 0 Å². The Bertz CT molecular complexity index is 723. The van der Waals surface area contributed by atoms with Crippen molar-refractivity contribution in [1.82, 2.24) is 15.2 Å². The van der Waals surface area contributed by atoms with Gasteiger partial charge in [-0.2, -0.15) is 5.26 Å². The molecule has 116 valence electrons. The number of carbonyl (C=O) groups excluding carboxylic acids is 1. The van der Waals surface area contributed by atoms with E-state index in [1.165, 1.54) is 0 Å². The third kappa shape index (κ3) is 3.74. The van der Waals surface area contributed by atoms with E-state index >= 15 is 0 Å². The van der Waals surface area contributed by atoms with Crippen molar-refractivity contribution < 1.29 is 4.79 Å². The fourth-order valence-electron chi connectivity index (χ4n) is 2.78. The van der Waals surface area contributed by atoms with Crippen LogP contribution in [0.15, 0.2) is 48.7 Å². The zero-order valence-corrected chi connectivity index (χ0v) is 12.8. The molecule has 2 heterocycles. The summed E-state index contributed by atoms with van der Waals surface area (Å²) in [7, 11) is 0. The van der Waals surface area contributed by atoms with Gasteiger partial charge in [0, 0.05) is 25.8 Å². The van der Waals surface area contributed by atoms with Gasteiger partial charge < -0.3 is 10.2 Å². The summed E-state index contributed by atoms with van der Waals surface area (Å²) in [5.41, 5.74) is 2.54. The molecule has 1 N–H and O–H groups in total. The van der Waals surface area contributed by atoms with E-state index in [0.29, 0.717) is 18.7 Å². The Labute approximate surface area is 135 Å². The Kier molecular flexibility index (Phi) is 4.65. The van der Waals surface area contributed by atoms with Crippen LogP contribution in [-0.2, 0) is 17.9 Å². The number of pyridine rings is 1. The van der Waals surface area contributed by atoms with E-state index in [-0.39, 0.29) is 11.9 Å². The third-order valence-corrected chi connectivity index (χ3v) is 3.98. The number of hydrogen-bond acceptors (Lipinski definition) is 4. The zero-order valence-electron chi connectivity index (χ0n) is 12.8. The first-order chi connectivity index (χ1) is 11.3. The molecule has 0 spiro atoms. The third-order valence-electron chi connectivity index (χ3n) is 3.98. The number of benzene rings is 1. The van der Waals surface area contributed by atoms with Gasteiger partial charge in [-0.3, -0.25) is 9.78 Å². The molecule has 0 unspecified atom stereocenters. The van der Waals surface area contributed by atoms with E-state index < -0.39 is 0 Å². The van der Waals surface area contributed by atoms with Gasteiger partial charge in [-0.15, -0.1) is 0 Å². The average Bonchev–Trinajstić information content (AvgIpc) is 2.94. The fourth-order valence-corrected chi connectivity index (χ4v) is 2.78. The molecule has 2 aromatic rings. The quantitative estimate of drug-likeness (QED) is 0.915. The smallest absolute Gasteiger partial charge is 0.240 e. The van der Waals surface area contributed by atoms with Crippen LogP contribution in [-0.4, -0.2) is 28.4 Å². The molecule has 1 aromatic carbocycles. The maximum atomic E-state index is 12.5. The van der Waals surface area contributed by atoms with Crippen LogP contribution in [0.25, 0.3) is 0 Å². The van der Waals surface area contributed by atoms with Crippen LogP contribution < -0.4 is 5.32 Å². The predicted molar refractivity (Wildman–Crippen MR) is 86.1 cm³/mol. The molecule has 1 aromatic heterocycles. The molecule has 1 fully saturated rings. The molecule has 0 saturated carbocycles. The first-order valence-corrected chi connectivity index (χ1v) is 7.67. The van der Waals surface area contributed by atoms with Crippen molar-refractivity contribution in [3.63, 3.8) is 0 Å². The summed E-state index contributed by atoms with van der Waals surface area (Å²) in [6, 6.07) is 15.1. The second-order valence-corrected chi connectivity index (χ2v) is 5.62. The van der Waals surface area contributed by atoms with E-state index in [1.807, 2.05) is 41.3 Å². The van der Waals surface area contributed by atoms with E-state index in [2.05, 4.69) is 16.4 Å². The van der Waals surface area contributed by atoms with E-state index in [1.54, 1.807) is 12.3 Å². The Morgan fingerprint density at radius 2 is 2.22 bits per heavy atom. The van der Waals surface area contributed by atoms with Crippen molar-refractivity contribution in [2.24, 2.45) is 0 Å². The lowest BCUT2D eigenvalue weighted by molar-refractivity contribution is -0.129. The van der Waals surface area contributed by atoms with Crippen LogP contribution in [0.4, 0.5) is 0 Å². The highest BCUT2D eigenvalue weighted by atomic mass is 16.2. The maximum Gasteiger partial charge on any atom is 0.240 e. The summed E-state index contributed by atoms with van der Waals surface area (Å²) in [6.07, 6.45) is 2.55. The second-order valence-electron chi connectivity index (χ2n) is 5.62. The molecule has 0 radical (unpaired) electrons. The largest absolute Gasteiger partial charge is 0.337 e. The van der Waals surface area contributed by atoms with Crippen LogP contribution in [0.3, 0.4) is 0 Å². The van der Waals surface area contributed by atoms with Crippen LogP contribution in [0.5, 0.6) is 0 Å². The van der Waals surface area contributed by atoms with Gasteiger partial charge in [0.2, 0.25) is 5.91 Å². The Hall–Kier alpha value is -2.71. The van der Waals surface area contributed by atoms with Gasteiger partial charge in [-0.25, -0.2) is 0 Å². The number of likely N-dealkylation sites (tertiary alicyclic amines) is 1. The van der Waals surface area contributed by atoms with Crippen LogP contribution in [0, 0.1) is 11.3 Å². The number of carbonyl (C=O) groups is 1. The van der Waals surface area contributed by atoms with Crippen molar-refractivity contribution in [3.05, 3.63) is 65.5 Å². The highest BCUT2D eigenvalue weighted by Crippen LogP contribution is 2.16. The van der Waals surface area contributed by atoms with E-state index in [4.69, 9.17) is 5.26 Å². The Morgan fingerprint density at radius 3 is 3.00 bits per heavy atom. The van der Waals surface area contributed by atoms with Crippen molar-refractivity contribution >= 4 is 5.91 Å². The molecule has 5 heteroatoms. The zero-order chi connectivity index (χ0) is 16.1. The monoisotopic (exact) mass is 306 g/mol. The number of nitrogens with one attached hydrogen (secondary N) is 1. The molecule has 0 aliphatic carbocycles. The number of aromatic nitrogens is 1. The molecule has 5 nitrogen and oxygen atoms in total. The fraction of sp³-hybridized carbons (Fsp3) is 0.278. The maximum absolute atomic E-state index is 12.5. The van der Waals surface area contributed by atoms with E-state index in [0.717, 1.165) is 24.2 Å². The standard InChI is InChI=1S/C18H18N4O/c19-11-14-4-3-5-15(10-14)13-22-9-7-17(18(22)23)21-12-16-6-1-2-8-20-16/h1-6,8,10,17,21H,7,9,12-13H2/t17-/m0/s1. The van der Waals surface area contributed by atoms with Crippen molar-refractivity contribution in [2.75, 3.05) is 6.54 Å². The summed E-state index contributed by atoms with van der Waals surface area (Å²) < 4.78 is 0. The minimum Gasteiger partial charge on any atom is -0.337 e. The summed E-state index contributed by atoms with van der Waals surface area (Å²) in [4.78, 5) is 18.6. The van der Waals surface area contributed by atoms with Gasteiger partial charge in [-0.05, 0) is 36.2 Å². The summed E-state index contributed by atoms with van der Waals surface area (Å²) >= 11 is 0. The van der Waals surface area contributed by atoms with Gasteiger partial charge in [0.05, 0.1) is 23.4 Å². The highest BCUT2D eigenvalue weighted by molar-refractivity contribution is 5.83. The summed E-state index contributed by atoms with van der Waals surface area (Å²) in [6.45, 7) is 1.88. The number of amides is 1. The van der Waals surface area contributed by atoms with Crippen LogP contribution in [0.2, 0.25) is 0 Å². The molecular formula is C18H18N4O. The van der Waals surface area contributed by atoms with Crippen LogP contribution in [0.1, 0.15) is 23.2 Å². The summed E-state index contributed by atoms with van der Waals surface area (Å²) in [5.74, 6) is 0.114. The van der Waals surface area contributed by atoms with Gasteiger partial charge in [0.1, 0.15) is 0 Å². The average molecular weight is 306 g/mol. The highest BCUT2D eigenvalue weighted by Gasteiger charge is 2.31. The van der Waals surface area contributed by atoms with Gasteiger partial charge in [-0.1, -0.05) is 18.2 Å².